The second kappa shape index (κ2) is 26.7. The predicted octanol–water partition coefficient (Wildman–Crippen LogP) is 11.9. The maximum absolute atomic E-state index is 12.0. The normalized spacial score (nSPS) is 18.5. The highest BCUT2D eigenvalue weighted by Crippen LogP contribution is 2.45. The van der Waals surface area contributed by atoms with Crippen molar-refractivity contribution in [3.05, 3.63) is 87.8 Å². The number of anilines is 1. The fourth-order valence-corrected chi connectivity index (χ4v) is 8.27. The topological polar surface area (TPSA) is 131 Å². The van der Waals surface area contributed by atoms with E-state index in [1.807, 2.05) is 45.0 Å². The van der Waals surface area contributed by atoms with Gasteiger partial charge in [-0.2, -0.15) is 0 Å². The number of hydrogen-bond donors (Lipinski definition) is 3. The van der Waals surface area contributed by atoms with Crippen molar-refractivity contribution in [2.24, 2.45) is 0 Å². The van der Waals surface area contributed by atoms with Crippen LogP contribution in [-0.2, 0) is 28.7 Å². The van der Waals surface area contributed by atoms with Crippen LogP contribution in [-0.4, -0.2) is 49.9 Å². The van der Waals surface area contributed by atoms with E-state index in [9.17, 15) is 19.2 Å². The van der Waals surface area contributed by atoms with Crippen LogP contribution in [0.1, 0.15) is 123 Å². The molecule has 2 aromatic rings. The SMILES string of the molecule is CCCCCCCCC1(C)SC(=O)C=C1OCC(=O)NNc1ccc(Cl)cc1.CCCCCCCCC1(C)SC(=O)C=C1OCC(=O)O.Cc1ccc(Cl)cc1. The first kappa shape index (κ1) is 49.0. The number of aliphatic carboxylic acids is 1. The highest BCUT2D eigenvalue weighted by Gasteiger charge is 2.40. The lowest BCUT2D eigenvalue weighted by atomic mass is 9.99. The number of ether oxygens (including phenoxy) is 2. The molecule has 0 saturated carbocycles. The molecular formula is C43H60Cl2N2O7S2. The minimum absolute atomic E-state index is 0.0109. The molecule has 0 saturated heterocycles. The minimum atomic E-state index is -1.02. The van der Waals surface area contributed by atoms with Gasteiger partial charge in [0.2, 0.25) is 10.2 Å². The Bertz CT molecular complexity index is 1570. The molecule has 310 valence electrons. The predicted molar refractivity (Wildman–Crippen MR) is 233 cm³/mol. The number of rotatable bonds is 22. The number of benzene rings is 2. The molecule has 0 spiro atoms. The van der Waals surface area contributed by atoms with Gasteiger partial charge in [0.25, 0.3) is 5.91 Å². The summed E-state index contributed by atoms with van der Waals surface area (Å²) in [6.45, 7) is 9.89. The van der Waals surface area contributed by atoms with Gasteiger partial charge < -0.3 is 14.6 Å². The van der Waals surface area contributed by atoms with Crippen LogP contribution in [0.2, 0.25) is 10.0 Å². The van der Waals surface area contributed by atoms with Crippen LogP contribution >= 0.6 is 46.7 Å². The molecule has 2 aromatic carbocycles. The zero-order chi connectivity index (χ0) is 41.4. The number of carboxylic acid groups (broad SMARTS) is 1. The Morgan fingerprint density at radius 3 is 1.50 bits per heavy atom. The molecule has 0 bridgehead atoms. The quantitative estimate of drug-likeness (QED) is 0.0777. The number of halogens is 2. The number of carbonyl (C=O) groups excluding carboxylic acids is 3. The van der Waals surface area contributed by atoms with Crippen molar-refractivity contribution in [1.29, 1.82) is 0 Å². The first-order valence-corrected chi connectivity index (χ1v) is 22.0. The second-order valence-corrected chi connectivity index (χ2v) is 18.2. The maximum Gasteiger partial charge on any atom is 0.341 e. The van der Waals surface area contributed by atoms with Gasteiger partial charge >= 0.3 is 5.97 Å². The first-order valence-electron chi connectivity index (χ1n) is 19.6. The van der Waals surface area contributed by atoms with Crippen molar-refractivity contribution >= 4 is 74.5 Å². The van der Waals surface area contributed by atoms with Crippen LogP contribution in [0.5, 0.6) is 0 Å². The number of amides is 1. The largest absolute Gasteiger partial charge is 0.486 e. The Kier molecular flexibility index (Phi) is 23.4. The molecule has 0 radical (unpaired) electrons. The van der Waals surface area contributed by atoms with Gasteiger partial charge in [-0.3, -0.25) is 25.2 Å². The molecule has 13 heteroatoms. The summed E-state index contributed by atoms with van der Waals surface area (Å²) in [6, 6.07) is 14.7. The fraction of sp³-hybridized carbons (Fsp3) is 0.535. The zero-order valence-corrected chi connectivity index (χ0v) is 36.7. The van der Waals surface area contributed by atoms with Gasteiger partial charge in [0.1, 0.15) is 11.5 Å². The number of nitrogens with one attached hydrogen (secondary N) is 2. The standard InChI is InChI=1S/C21H29ClN2O3S.C15H24O4S.C7H7Cl/c1-3-4-5-6-7-8-13-21(2)18(14-20(26)28-21)27-15-19(25)24-23-17-11-9-16(22)10-12-17;1-3-4-5-6-7-8-9-15(2)12(10-14(18)20-15)19-11-13(16)17;1-6-2-4-7(8)5-3-6/h9-12,14,23H,3-8,13,15H2,1-2H3,(H,24,25);10H,3-9,11H2,1-2H3,(H,16,17);2-5H,1H3. The number of aryl methyl sites for hydroxylation is 1. The third kappa shape index (κ3) is 19.8. The van der Waals surface area contributed by atoms with Crippen LogP contribution in [0, 0.1) is 6.92 Å². The Morgan fingerprint density at radius 2 is 1.07 bits per heavy atom. The number of thioether (sulfide) groups is 2. The molecule has 2 aliphatic rings. The summed E-state index contributed by atoms with van der Waals surface area (Å²) in [5.74, 6) is -0.222. The Hall–Kier alpha value is -3.12. The van der Waals surface area contributed by atoms with Crippen LogP contribution < -0.4 is 10.9 Å². The van der Waals surface area contributed by atoms with E-state index in [-0.39, 0.29) is 34.1 Å². The zero-order valence-electron chi connectivity index (χ0n) is 33.6. The monoisotopic (exact) mass is 850 g/mol. The molecule has 2 atom stereocenters. The average Bonchev–Trinajstić information content (AvgIpc) is 3.62. The molecule has 2 unspecified atom stereocenters. The molecule has 9 nitrogen and oxygen atoms in total. The molecule has 3 N–H and O–H groups in total. The summed E-state index contributed by atoms with van der Waals surface area (Å²) in [4.78, 5) is 46.1. The van der Waals surface area contributed by atoms with Crippen molar-refractivity contribution in [2.75, 3.05) is 18.6 Å². The first-order chi connectivity index (χ1) is 26.7. The van der Waals surface area contributed by atoms with Gasteiger partial charge in [0.15, 0.2) is 13.2 Å². The Labute approximate surface area is 352 Å². The molecule has 1 amide bonds. The highest BCUT2D eigenvalue weighted by molar-refractivity contribution is 8.16. The van der Waals surface area contributed by atoms with E-state index < -0.39 is 10.7 Å². The highest BCUT2D eigenvalue weighted by atomic mass is 35.5. The van der Waals surface area contributed by atoms with E-state index in [0.717, 1.165) is 49.2 Å². The molecule has 0 fully saturated rings. The van der Waals surface area contributed by atoms with Gasteiger partial charge in [-0.25, -0.2) is 4.79 Å². The van der Waals surface area contributed by atoms with E-state index in [1.54, 1.807) is 24.3 Å². The Balaban J connectivity index is 0.000000334. The van der Waals surface area contributed by atoms with E-state index in [0.29, 0.717) is 16.5 Å². The smallest absolute Gasteiger partial charge is 0.341 e. The van der Waals surface area contributed by atoms with Crippen LogP contribution in [0.15, 0.2) is 72.2 Å². The molecular weight excluding hydrogens is 792 g/mol. The van der Waals surface area contributed by atoms with Crippen molar-refractivity contribution in [1.82, 2.24) is 5.43 Å². The van der Waals surface area contributed by atoms with Gasteiger partial charge in [-0.05, 0) is 70.0 Å². The van der Waals surface area contributed by atoms with Gasteiger partial charge in [0, 0.05) is 22.2 Å². The lowest BCUT2D eigenvalue weighted by molar-refractivity contribution is -0.141. The van der Waals surface area contributed by atoms with Crippen molar-refractivity contribution in [2.45, 2.75) is 134 Å². The molecule has 0 aliphatic carbocycles. The second-order valence-electron chi connectivity index (χ2n) is 14.3. The third-order valence-corrected chi connectivity index (χ3v) is 12.0. The summed E-state index contributed by atoms with van der Waals surface area (Å²) >= 11 is 14.0. The van der Waals surface area contributed by atoms with Crippen molar-refractivity contribution < 1.29 is 33.8 Å². The summed E-state index contributed by atoms with van der Waals surface area (Å²) in [5, 5.41) is 10.0. The molecule has 0 aromatic heterocycles. The van der Waals surface area contributed by atoms with Crippen LogP contribution in [0.3, 0.4) is 0 Å². The molecule has 56 heavy (non-hydrogen) atoms. The number of carbonyl (C=O) groups is 4. The van der Waals surface area contributed by atoms with E-state index in [2.05, 4.69) is 24.7 Å². The minimum Gasteiger partial charge on any atom is -0.486 e. The third-order valence-electron chi connectivity index (χ3n) is 9.12. The molecule has 2 aliphatic heterocycles. The lowest BCUT2D eigenvalue weighted by Gasteiger charge is -2.26. The van der Waals surface area contributed by atoms with Gasteiger partial charge in [0.05, 0.1) is 15.2 Å². The van der Waals surface area contributed by atoms with Crippen LogP contribution in [0.25, 0.3) is 0 Å². The number of hydrazine groups is 1. The maximum atomic E-state index is 12.0. The van der Waals surface area contributed by atoms with E-state index in [1.165, 1.54) is 92.6 Å². The van der Waals surface area contributed by atoms with Crippen molar-refractivity contribution in [3.63, 3.8) is 0 Å². The Morgan fingerprint density at radius 1 is 0.661 bits per heavy atom. The van der Waals surface area contributed by atoms with Crippen molar-refractivity contribution in [3.8, 4) is 0 Å². The van der Waals surface area contributed by atoms with Gasteiger partial charge in [-0.1, -0.05) is 155 Å². The van der Waals surface area contributed by atoms with Gasteiger partial charge in [-0.15, -0.1) is 0 Å². The van der Waals surface area contributed by atoms with E-state index >= 15 is 0 Å². The average molecular weight is 852 g/mol. The number of hydrogen-bond acceptors (Lipinski definition) is 9. The summed E-state index contributed by atoms with van der Waals surface area (Å²) < 4.78 is 10.2. The lowest BCUT2D eigenvalue weighted by Crippen LogP contribution is -2.33. The summed E-state index contributed by atoms with van der Waals surface area (Å²) in [7, 11) is 0. The molecule has 4 rings (SSSR count). The number of carboxylic acids is 1. The summed E-state index contributed by atoms with van der Waals surface area (Å²) in [5.41, 5.74) is 7.35. The fourth-order valence-electron chi connectivity index (χ4n) is 5.87. The number of unbranched alkanes of at least 4 members (excludes halogenated alkanes) is 10. The van der Waals surface area contributed by atoms with E-state index in [4.69, 9.17) is 37.8 Å². The summed E-state index contributed by atoms with van der Waals surface area (Å²) in [6.07, 6.45) is 19.0. The van der Waals surface area contributed by atoms with Crippen LogP contribution in [0.4, 0.5) is 5.69 Å². The molecule has 2 heterocycles.